The first kappa shape index (κ1) is 26.5. The Bertz CT molecular complexity index is 519. The highest BCUT2D eigenvalue weighted by molar-refractivity contribution is 5.85. The van der Waals surface area contributed by atoms with Crippen LogP contribution in [0.2, 0.25) is 0 Å². The summed E-state index contributed by atoms with van der Waals surface area (Å²) in [4.78, 5) is 31.7. The van der Waals surface area contributed by atoms with Gasteiger partial charge in [0.25, 0.3) is 0 Å². The van der Waals surface area contributed by atoms with Crippen LogP contribution in [0.5, 0.6) is 0 Å². The number of carbonyl (C=O) groups is 2. The van der Waals surface area contributed by atoms with E-state index in [1.165, 1.54) is 19.3 Å². The fraction of sp³-hybridized carbons (Fsp3) is 0.905. The summed E-state index contributed by atoms with van der Waals surface area (Å²) in [5.74, 6) is 1.80. The average Bonchev–Trinajstić information content (AvgIpc) is 2.87. The van der Waals surface area contributed by atoms with E-state index in [-0.39, 0.29) is 36.6 Å². The van der Waals surface area contributed by atoms with Crippen LogP contribution in [0.25, 0.3) is 0 Å². The number of halogens is 2. The molecule has 29 heavy (non-hydrogen) atoms. The van der Waals surface area contributed by atoms with Crippen molar-refractivity contribution in [2.45, 2.75) is 58.4 Å². The number of nitrogens with two attached hydrogens (primary N) is 1. The number of hydrogen-bond donors (Lipinski definition) is 1. The first-order valence-corrected chi connectivity index (χ1v) is 11.1. The zero-order valence-corrected chi connectivity index (χ0v) is 19.7. The molecule has 6 nitrogen and oxygen atoms in total. The van der Waals surface area contributed by atoms with Gasteiger partial charge in [0, 0.05) is 51.2 Å². The molecule has 0 aromatic rings. The zero-order chi connectivity index (χ0) is 19.4. The van der Waals surface area contributed by atoms with Gasteiger partial charge in [0.05, 0.1) is 6.54 Å². The van der Waals surface area contributed by atoms with E-state index in [4.69, 9.17) is 5.73 Å². The largest absolute Gasteiger partial charge is 0.342 e. The maximum atomic E-state index is 13.2. The van der Waals surface area contributed by atoms with Crippen molar-refractivity contribution < 1.29 is 9.59 Å². The number of likely N-dealkylation sites (N-methyl/N-ethyl adjacent to an activating group) is 1. The van der Waals surface area contributed by atoms with Gasteiger partial charge in [0.1, 0.15) is 0 Å². The van der Waals surface area contributed by atoms with Gasteiger partial charge in [-0.15, -0.1) is 24.8 Å². The molecule has 170 valence electrons. The number of nitrogens with zero attached hydrogens (tertiary/aromatic N) is 3. The minimum absolute atomic E-state index is 0. The number of fused-ring (bicyclic) bond motifs is 2. The molecule has 2 aliphatic carbocycles. The molecule has 2 saturated carbocycles. The van der Waals surface area contributed by atoms with Crippen LogP contribution in [-0.2, 0) is 9.59 Å². The molecule has 2 amide bonds. The Balaban J connectivity index is 0.00000210. The monoisotopic (exact) mass is 450 g/mol. The van der Waals surface area contributed by atoms with Crippen molar-refractivity contribution in [3.63, 3.8) is 0 Å². The first-order chi connectivity index (χ1) is 13.0. The minimum Gasteiger partial charge on any atom is -0.342 e. The normalized spacial score (nSPS) is 29.8. The summed E-state index contributed by atoms with van der Waals surface area (Å²) >= 11 is 0. The van der Waals surface area contributed by atoms with Gasteiger partial charge in [0.2, 0.25) is 11.8 Å². The lowest BCUT2D eigenvalue weighted by molar-refractivity contribution is -0.138. The van der Waals surface area contributed by atoms with E-state index < -0.39 is 0 Å². The second-order valence-corrected chi connectivity index (χ2v) is 8.72. The van der Waals surface area contributed by atoms with Crippen LogP contribution in [0.3, 0.4) is 0 Å². The summed E-state index contributed by atoms with van der Waals surface area (Å²) in [5, 5.41) is 0. The topological polar surface area (TPSA) is 69.9 Å². The van der Waals surface area contributed by atoms with Crippen LogP contribution in [0, 0.1) is 17.8 Å². The molecule has 2 N–H and O–H groups in total. The molecular weight excluding hydrogens is 411 g/mol. The van der Waals surface area contributed by atoms with Gasteiger partial charge in [-0.2, -0.15) is 0 Å². The molecule has 1 aliphatic heterocycles. The summed E-state index contributed by atoms with van der Waals surface area (Å²) in [6, 6.07) is 0.313. The van der Waals surface area contributed by atoms with Crippen LogP contribution in [0.15, 0.2) is 0 Å². The Morgan fingerprint density at radius 2 is 1.55 bits per heavy atom. The summed E-state index contributed by atoms with van der Waals surface area (Å²) < 4.78 is 0. The van der Waals surface area contributed by atoms with Crippen LogP contribution in [-0.4, -0.2) is 78.4 Å². The van der Waals surface area contributed by atoms with Gasteiger partial charge in [-0.3, -0.25) is 14.5 Å². The lowest BCUT2D eigenvalue weighted by Crippen LogP contribution is -2.50. The summed E-state index contributed by atoms with van der Waals surface area (Å²) in [5.41, 5.74) is 6.39. The smallest absolute Gasteiger partial charge is 0.236 e. The molecule has 1 heterocycles. The van der Waals surface area contributed by atoms with E-state index in [2.05, 4.69) is 9.80 Å². The predicted molar refractivity (Wildman–Crippen MR) is 122 cm³/mol. The van der Waals surface area contributed by atoms with Gasteiger partial charge >= 0.3 is 0 Å². The number of hydrogen-bond acceptors (Lipinski definition) is 4. The molecule has 2 atom stereocenters. The quantitative estimate of drug-likeness (QED) is 0.697. The van der Waals surface area contributed by atoms with E-state index in [0.717, 1.165) is 58.5 Å². The van der Waals surface area contributed by atoms with Crippen LogP contribution in [0.4, 0.5) is 0 Å². The number of carbonyl (C=O) groups excluding carboxylic acids is 2. The fourth-order valence-electron chi connectivity index (χ4n) is 5.47. The van der Waals surface area contributed by atoms with Crippen molar-refractivity contribution in [3.05, 3.63) is 0 Å². The molecule has 3 fully saturated rings. The molecule has 0 aromatic carbocycles. The summed E-state index contributed by atoms with van der Waals surface area (Å²) in [7, 11) is 0. The third kappa shape index (κ3) is 6.46. The van der Waals surface area contributed by atoms with Crippen molar-refractivity contribution in [3.8, 4) is 0 Å². The van der Waals surface area contributed by atoms with Crippen molar-refractivity contribution in [1.82, 2.24) is 14.7 Å². The Morgan fingerprint density at radius 3 is 2.14 bits per heavy atom. The molecule has 2 unspecified atom stereocenters. The first-order valence-electron chi connectivity index (χ1n) is 11.1. The minimum atomic E-state index is 0. The number of rotatable bonds is 5. The molecular formula is C21H40Cl2N4O2. The lowest BCUT2D eigenvalue weighted by Gasteiger charge is -2.44. The molecule has 3 aliphatic rings. The Hall–Kier alpha value is -0.560. The second-order valence-electron chi connectivity index (χ2n) is 8.72. The highest BCUT2D eigenvalue weighted by Gasteiger charge is 2.41. The van der Waals surface area contributed by atoms with Crippen molar-refractivity contribution >= 4 is 36.6 Å². The summed E-state index contributed by atoms with van der Waals surface area (Å²) in [6.45, 7) is 9.34. The molecule has 0 radical (unpaired) electrons. The highest BCUT2D eigenvalue weighted by atomic mass is 35.5. The highest BCUT2D eigenvalue weighted by Crippen LogP contribution is 2.42. The molecule has 2 bridgehead atoms. The van der Waals surface area contributed by atoms with E-state index in [9.17, 15) is 9.59 Å². The van der Waals surface area contributed by atoms with Crippen molar-refractivity contribution in [2.24, 2.45) is 23.5 Å². The average molecular weight is 451 g/mol. The molecule has 0 aromatic heterocycles. The van der Waals surface area contributed by atoms with E-state index in [1.54, 1.807) is 0 Å². The molecule has 1 saturated heterocycles. The third-order valence-corrected chi connectivity index (χ3v) is 7.14. The van der Waals surface area contributed by atoms with E-state index in [1.807, 2.05) is 18.7 Å². The van der Waals surface area contributed by atoms with Crippen LogP contribution >= 0.6 is 24.8 Å². The van der Waals surface area contributed by atoms with Gasteiger partial charge in [0.15, 0.2) is 0 Å². The Morgan fingerprint density at radius 1 is 0.931 bits per heavy atom. The van der Waals surface area contributed by atoms with Gasteiger partial charge < -0.3 is 15.5 Å². The molecule has 8 heteroatoms. The zero-order valence-electron chi connectivity index (χ0n) is 18.1. The van der Waals surface area contributed by atoms with Gasteiger partial charge in [-0.1, -0.05) is 6.42 Å². The van der Waals surface area contributed by atoms with Crippen LogP contribution in [0.1, 0.15) is 52.4 Å². The molecule has 0 spiro atoms. The number of amides is 2. The second kappa shape index (κ2) is 12.3. The Kier molecular flexibility index (Phi) is 11.3. The van der Waals surface area contributed by atoms with Crippen molar-refractivity contribution in [2.75, 3.05) is 45.8 Å². The summed E-state index contributed by atoms with van der Waals surface area (Å²) in [6.07, 6.45) is 6.60. The maximum Gasteiger partial charge on any atom is 0.236 e. The third-order valence-electron chi connectivity index (χ3n) is 7.14. The standard InChI is InChI=1S/C21H38N4O2.2ClH/c1-3-24(4-2)19(26)15-23-9-6-10-25(12-11-23)21(27)18-13-16-7-5-8-17(14-18)20(16)22;;/h16-18,20H,3-15,22H2,1-2H3;2*1H. The van der Waals surface area contributed by atoms with Crippen molar-refractivity contribution in [1.29, 1.82) is 0 Å². The Labute approximate surface area is 188 Å². The fourth-order valence-corrected chi connectivity index (χ4v) is 5.47. The SMILES string of the molecule is CCN(CC)C(=O)CN1CCCN(C(=O)C2CC3CCCC(C2)C3N)CC1.Cl.Cl. The van der Waals surface area contributed by atoms with E-state index >= 15 is 0 Å². The van der Waals surface area contributed by atoms with Gasteiger partial charge in [-0.25, -0.2) is 0 Å². The lowest BCUT2D eigenvalue weighted by atomic mass is 9.65. The van der Waals surface area contributed by atoms with E-state index in [0.29, 0.717) is 30.3 Å². The predicted octanol–water partition coefficient (Wildman–Crippen LogP) is 2.39. The van der Waals surface area contributed by atoms with Gasteiger partial charge in [-0.05, 0) is 57.8 Å². The molecule has 3 rings (SSSR count). The van der Waals surface area contributed by atoms with Crippen LogP contribution < -0.4 is 5.73 Å². The maximum absolute atomic E-state index is 13.2.